The van der Waals surface area contributed by atoms with Gasteiger partial charge in [0.05, 0.1) is 6.67 Å². The van der Waals surface area contributed by atoms with Crippen LogP contribution in [0.25, 0.3) is 0 Å². The molecule has 1 aromatic rings. The van der Waals surface area contributed by atoms with Crippen molar-refractivity contribution in [2.45, 2.75) is 39.3 Å². The van der Waals surface area contributed by atoms with E-state index in [1.165, 1.54) is 11.5 Å². The van der Waals surface area contributed by atoms with Crippen LogP contribution in [0.3, 0.4) is 0 Å². The van der Waals surface area contributed by atoms with Gasteiger partial charge in [0, 0.05) is 30.3 Å². The van der Waals surface area contributed by atoms with Crippen molar-refractivity contribution in [1.82, 2.24) is 14.9 Å². The molecule has 0 fully saturated rings. The summed E-state index contributed by atoms with van der Waals surface area (Å²) < 4.78 is 2.30. The minimum atomic E-state index is 0.199. The molecule has 0 amide bonds. The molecule has 1 aromatic heterocycles. The number of nitrogens with one attached hydrogen (secondary N) is 1. The van der Waals surface area contributed by atoms with Crippen LogP contribution < -0.4 is 5.32 Å². The lowest BCUT2D eigenvalue weighted by Crippen LogP contribution is -2.32. The SMILES string of the molecule is CC(C)(C)c1cnc2n1CNCC2. The average molecular weight is 179 g/mol. The second-order valence-corrected chi connectivity index (χ2v) is 4.65. The third-order valence-electron chi connectivity index (χ3n) is 2.50. The number of rotatable bonds is 0. The second kappa shape index (κ2) is 2.84. The summed E-state index contributed by atoms with van der Waals surface area (Å²) in [7, 11) is 0. The zero-order valence-electron chi connectivity index (χ0n) is 8.59. The van der Waals surface area contributed by atoms with Crippen LogP contribution in [0.5, 0.6) is 0 Å². The number of aromatic nitrogens is 2. The molecule has 0 aliphatic carbocycles. The Morgan fingerprint density at radius 3 is 2.92 bits per heavy atom. The molecule has 1 aliphatic heterocycles. The summed E-state index contributed by atoms with van der Waals surface area (Å²) in [6, 6.07) is 0. The third kappa shape index (κ3) is 1.48. The van der Waals surface area contributed by atoms with Gasteiger partial charge in [-0.25, -0.2) is 4.98 Å². The van der Waals surface area contributed by atoms with Gasteiger partial charge in [0.25, 0.3) is 0 Å². The van der Waals surface area contributed by atoms with Crippen molar-refractivity contribution in [1.29, 1.82) is 0 Å². The molecule has 0 radical (unpaired) electrons. The molecule has 3 nitrogen and oxygen atoms in total. The Balaban J connectivity index is 2.43. The highest BCUT2D eigenvalue weighted by Gasteiger charge is 2.22. The Morgan fingerprint density at radius 1 is 1.46 bits per heavy atom. The van der Waals surface area contributed by atoms with E-state index in [0.717, 1.165) is 19.6 Å². The first-order valence-corrected chi connectivity index (χ1v) is 4.84. The quantitative estimate of drug-likeness (QED) is 0.650. The molecule has 0 bridgehead atoms. The van der Waals surface area contributed by atoms with Gasteiger partial charge in [-0.3, -0.25) is 5.32 Å². The van der Waals surface area contributed by atoms with E-state index in [0.29, 0.717) is 0 Å². The normalized spacial score (nSPS) is 17.2. The van der Waals surface area contributed by atoms with Gasteiger partial charge in [-0.2, -0.15) is 0 Å². The van der Waals surface area contributed by atoms with Crippen molar-refractivity contribution in [3.05, 3.63) is 17.7 Å². The fourth-order valence-corrected chi connectivity index (χ4v) is 1.78. The molecular weight excluding hydrogens is 162 g/mol. The zero-order valence-corrected chi connectivity index (χ0v) is 8.59. The molecule has 0 atom stereocenters. The van der Waals surface area contributed by atoms with Gasteiger partial charge in [0.15, 0.2) is 0 Å². The van der Waals surface area contributed by atoms with Crippen LogP contribution in [0.1, 0.15) is 32.3 Å². The first-order valence-electron chi connectivity index (χ1n) is 4.84. The highest BCUT2D eigenvalue weighted by molar-refractivity contribution is 5.15. The Bertz CT molecular complexity index is 306. The fraction of sp³-hybridized carbons (Fsp3) is 0.700. The number of hydrogen-bond acceptors (Lipinski definition) is 2. The summed E-state index contributed by atoms with van der Waals surface area (Å²) in [5.41, 5.74) is 1.53. The first kappa shape index (κ1) is 8.75. The minimum absolute atomic E-state index is 0.199. The van der Waals surface area contributed by atoms with E-state index < -0.39 is 0 Å². The van der Waals surface area contributed by atoms with Crippen LogP contribution in [0.4, 0.5) is 0 Å². The van der Waals surface area contributed by atoms with Crippen LogP contribution >= 0.6 is 0 Å². The largest absolute Gasteiger partial charge is 0.318 e. The van der Waals surface area contributed by atoms with Crippen molar-refractivity contribution in [3.63, 3.8) is 0 Å². The Labute approximate surface area is 79.2 Å². The van der Waals surface area contributed by atoms with Gasteiger partial charge in [0.1, 0.15) is 5.82 Å². The molecule has 72 valence electrons. The van der Waals surface area contributed by atoms with Crippen molar-refractivity contribution in [2.24, 2.45) is 0 Å². The number of hydrogen-bond donors (Lipinski definition) is 1. The molecule has 0 spiro atoms. The topological polar surface area (TPSA) is 29.9 Å². The lowest BCUT2D eigenvalue weighted by molar-refractivity contribution is 0.437. The molecule has 1 N–H and O–H groups in total. The minimum Gasteiger partial charge on any atom is -0.318 e. The summed E-state index contributed by atoms with van der Waals surface area (Å²) in [5, 5.41) is 3.36. The summed E-state index contributed by atoms with van der Waals surface area (Å²) >= 11 is 0. The molecule has 13 heavy (non-hydrogen) atoms. The first-order chi connectivity index (χ1) is 6.09. The van der Waals surface area contributed by atoms with Crippen LogP contribution in [0.15, 0.2) is 6.20 Å². The van der Waals surface area contributed by atoms with E-state index in [1.54, 1.807) is 0 Å². The predicted octanol–water partition coefficient (Wildman–Crippen LogP) is 1.28. The van der Waals surface area contributed by atoms with Gasteiger partial charge in [-0.1, -0.05) is 20.8 Å². The maximum atomic E-state index is 4.45. The summed E-state index contributed by atoms with van der Waals surface area (Å²) in [6.45, 7) is 8.66. The molecule has 0 saturated heterocycles. The van der Waals surface area contributed by atoms with Crippen LogP contribution in [-0.4, -0.2) is 16.1 Å². The molecule has 1 aliphatic rings. The fourth-order valence-electron chi connectivity index (χ4n) is 1.78. The lowest BCUT2D eigenvalue weighted by atomic mass is 9.92. The van der Waals surface area contributed by atoms with Gasteiger partial charge >= 0.3 is 0 Å². The van der Waals surface area contributed by atoms with Gasteiger partial charge < -0.3 is 4.57 Å². The van der Waals surface area contributed by atoms with E-state index in [2.05, 4.69) is 35.6 Å². The summed E-state index contributed by atoms with van der Waals surface area (Å²) in [4.78, 5) is 4.45. The van der Waals surface area contributed by atoms with Crippen molar-refractivity contribution < 1.29 is 0 Å². The highest BCUT2D eigenvalue weighted by Crippen LogP contribution is 2.23. The Morgan fingerprint density at radius 2 is 2.23 bits per heavy atom. The molecule has 2 heterocycles. The van der Waals surface area contributed by atoms with E-state index in [4.69, 9.17) is 0 Å². The third-order valence-corrected chi connectivity index (χ3v) is 2.50. The molecular formula is C10H17N3. The molecule has 3 heteroatoms. The highest BCUT2D eigenvalue weighted by atomic mass is 15.2. The van der Waals surface area contributed by atoms with Gasteiger partial charge in [-0.05, 0) is 0 Å². The van der Waals surface area contributed by atoms with E-state index in [1.807, 2.05) is 6.20 Å². The Kier molecular flexibility index (Phi) is 1.91. The number of nitrogens with zero attached hydrogens (tertiary/aromatic N) is 2. The summed E-state index contributed by atoms with van der Waals surface area (Å²) in [6.07, 6.45) is 3.07. The predicted molar refractivity (Wildman–Crippen MR) is 52.6 cm³/mol. The second-order valence-electron chi connectivity index (χ2n) is 4.65. The van der Waals surface area contributed by atoms with E-state index in [9.17, 15) is 0 Å². The monoisotopic (exact) mass is 179 g/mol. The van der Waals surface area contributed by atoms with Crippen molar-refractivity contribution >= 4 is 0 Å². The number of imidazole rings is 1. The average Bonchev–Trinajstić information content (AvgIpc) is 2.45. The van der Waals surface area contributed by atoms with Crippen LogP contribution in [-0.2, 0) is 18.5 Å². The molecule has 0 aromatic carbocycles. The van der Waals surface area contributed by atoms with E-state index in [-0.39, 0.29) is 5.41 Å². The van der Waals surface area contributed by atoms with Gasteiger partial charge in [-0.15, -0.1) is 0 Å². The number of fused-ring (bicyclic) bond motifs is 1. The van der Waals surface area contributed by atoms with Crippen LogP contribution in [0.2, 0.25) is 0 Å². The van der Waals surface area contributed by atoms with E-state index >= 15 is 0 Å². The zero-order chi connectivity index (χ0) is 9.47. The standard InChI is InChI=1S/C10H17N3/c1-10(2,3)8-6-12-9-4-5-11-7-13(8)9/h6,11H,4-5,7H2,1-3H3. The molecule has 0 unspecified atom stereocenters. The van der Waals surface area contributed by atoms with Gasteiger partial charge in [0.2, 0.25) is 0 Å². The van der Waals surface area contributed by atoms with Crippen molar-refractivity contribution in [2.75, 3.05) is 6.54 Å². The maximum absolute atomic E-state index is 4.45. The van der Waals surface area contributed by atoms with Crippen molar-refractivity contribution in [3.8, 4) is 0 Å². The maximum Gasteiger partial charge on any atom is 0.111 e. The lowest BCUT2D eigenvalue weighted by Gasteiger charge is -2.24. The smallest absolute Gasteiger partial charge is 0.111 e. The summed E-state index contributed by atoms with van der Waals surface area (Å²) in [5.74, 6) is 1.23. The molecule has 0 saturated carbocycles. The molecule has 2 rings (SSSR count). The van der Waals surface area contributed by atoms with Crippen LogP contribution in [0, 0.1) is 0 Å². The Hall–Kier alpha value is -0.830.